The summed E-state index contributed by atoms with van der Waals surface area (Å²) in [4.78, 5) is 18.7. The fraction of sp³-hybridized carbons (Fsp3) is 0.368. The van der Waals surface area contributed by atoms with Crippen LogP contribution in [0, 0.1) is 5.92 Å². The summed E-state index contributed by atoms with van der Waals surface area (Å²) in [6.45, 7) is 1.80. The molecule has 1 fully saturated rings. The number of ether oxygens (including phenoxy) is 2. The van der Waals surface area contributed by atoms with Crippen molar-refractivity contribution >= 4 is 23.5 Å². The highest BCUT2D eigenvalue weighted by Crippen LogP contribution is 2.34. The van der Waals surface area contributed by atoms with E-state index in [1.807, 2.05) is 41.4 Å². The standard InChI is InChI=1S/C19H21N3O3S/c23-19(21-15-4-5-16-17(11-15)25-13-24-16)22-9-6-14(7-10-22)12-26-18-3-1-2-8-20-18/h1-5,8,11,14H,6-7,9-10,12-13H2,(H,21,23). The Morgan fingerprint density at radius 1 is 1.19 bits per heavy atom. The number of amides is 2. The van der Waals surface area contributed by atoms with Gasteiger partial charge < -0.3 is 19.7 Å². The van der Waals surface area contributed by atoms with Gasteiger partial charge in [-0.1, -0.05) is 6.07 Å². The lowest BCUT2D eigenvalue weighted by Gasteiger charge is -2.31. The van der Waals surface area contributed by atoms with Crippen molar-refractivity contribution < 1.29 is 14.3 Å². The number of nitrogens with one attached hydrogen (secondary N) is 1. The molecule has 0 atom stereocenters. The predicted octanol–water partition coefficient (Wildman–Crippen LogP) is 3.85. The van der Waals surface area contributed by atoms with Crippen LogP contribution >= 0.6 is 11.8 Å². The van der Waals surface area contributed by atoms with Crippen LogP contribution in [0.4, 0.5) is 10.5 Å². The molecular weight excluding hydrogens is 350 g/mol. The summed E-state index contributed by atoms with van der Waals surface area (Å²) in [7, 11) is 0. The van der Waals surface area contributed by atoms with Crippen LogP contribution in [-0.4, -0.2) is 41.6 Å². The highest BCUT2D eigenvalue weighted by atomic mass is 32.2. The van der Waals surface area contributed by atoms with Crippen LogP contribution in [0.25, 0.3) is 0 Å². The van der Waals surface area contributed by atoms with Gasteiger partial charge in [-0.2, -0.15) is 0 Å². The molecular formula is C19H21N3O3S. The lowest BCUT2D eigenvalue weighted by Crippen LogP contribution is -2.41. The van der Waals surface area contributed by atoms with Gasteiger partial charge in [0.1, 0.15) is 0 Å². The monoisotopic (exact) mass is 371 g/mol. The number of aromatic nitrogens is 1. The maximum absolute atomic E-state index is 12.5. The van der Waals surface area contributed by atoms with Crippen LogP contribution in [-0.2, 0) is 0 Å². The van der Waals surface area contributed by atoms with Gasteiger partial charge in [0.05, 0.1) is 5.03 Å². The molecule has 0 spiro atoms. The number of nitrogens with zero attached hydrogens (tertiary/aromatic N) is 2. The number of pyridine rings is 1. The molecule has 0 radical (unpaired) electrons. The molecule has 6 nitrogen and oxygen atoms in total. The van der Waals surface area contributed by atoms with Crippen molar-refractivity contribution in [2.75, 3.05) is 31.0 Å². The molecule has 2 aromatic rings. The van der Waals surface area contributed by atoms with E-state index in [2.05, 4.69) is 10.3 Å². The molecule has 1 aromatic carbocycles. The second-order valence-corrected chi connectivity index (χ2v) is 7.45. The number of thioether (sulfide) groups is 1. The topological polar surface area (TPSA) is 63.7 Å². The van der Waals surface area contributed by atoms with E-state index in [-0.39, 0.29) is 12.8 Å². The zero-order valence-corrected chi connectivity index (χ0v) is 15.2. The Hall–Kier alpha value is -2.41. The average molecular weight is 371 g/mol. The second-order valence-electron chi connectivity index (χ2n) is 6.41. The number of piperidine rings is 1. The van der Waals surface area contributed by atoms with Crippen molar-refractivity contribution in [3.8, 4) is 11.5 Å². The summed E-state index contributed by atoms with van der Waals surface area (Å²) >= 11 is 1.79. The molecule has 0 aliphatic carbocycles. The number of anilines is 1. The first-order valence-electron chi connectivity index (χ1n) is 8.77. The van der Waals surface area contributed by atoms with Crippen LogP contribution in [0.15, 0.2) is 47.6 Å². The number of benzene rings is 1. The number of carbonyl (C=O) groups excluding carboxylic acids is 1. The van der Waals surface area contributed by atoms with Crippen LogP contribution < -0.4 is 14.8 Å². The molecule has 0 unspecified atom stereocenters. The quantitative estimate of drug-likeness (QED) is 0.827. The van der Waals surface area contributed by atoms with E-state index in [9.17, 15) is 4.79 Å². The van der Waals surface area contributed by atoms with Crippen molar-refractivity contribution in [2.24, 2.45) is 5.92 Å². The second kappa shape index (κ2) is 7.86. The fourth-order valence-electron chi connectivity index (χ4n) is 3.12. The minimum absolute atomic E-state index is 0.0558. The maximum atomic E-state index is 12.5. The Morgan fingerprint density at radius 2 is 2.04 bits per heavy atom. The fourth-order valence-corrected chi connectivity index (χ4v) is 4.17. The van der Waals surface area contributed by atoms with Gasteiger partial charge in [0.25, 0.3) is 0 Å². The summed E-state index contributed by atoms with van der Waals surface area (Å²) < 4.78 is 10.6. The van der Waals surface area contributed by atoms with Crippen molar-refractivity contribution in [1.29, 1.82) is 0 Å². The number of hydrogen-bond donors (Lipinski definition) is 1. The van der Waals surface area contributed by atoms with E-state index in [1.165, 1.54) is 0 Å². The van der Waals surface area contributed by atoms with Crippen LogP contribution in [0.5, 0.6) is 11.5 Å². The molecule has 1 N–H and O–H groups in total. The SMILES string of the molecule is O=C(Nc1ccc2c(c1)OCO2)N1CCC(CSc2ccccn2)CC1. The Balaban J connectivity index is 1.24. The molecule has 0 saturated carbocycles. The molecule has 0 bridgehead atoms. The molecule has 7 heteroatoms. The predicted molar refractivity (Wildman–Crippen MR) is 101 cm³/mol. The third kappa shape index (κ3) is 4.04. The molecule has 26 heavy (non-hydrogen) atoms. The Kier molecular flexibility index (Phi) is 5.15. The van der Waals surface area contributed by atoms with E-state index in [1.54, 1.807) is 17.8 Å². The molecule has 1 saturated heterocycles. The van der Waals surface area contributed by atoms with Gasteiger partial charge in [-0.3, -0.25) is 0 Å². The highest BCUT2D eigenvalue weighted by molar-refractivity contribution is 7.99. The maximum Gasteiger partial charge on any atom is 0.321 e. The lowest BCUT2D eigenvalue weighted by molar-refractivity contribution is 0.174. The van der Waals surface area contributed by atoms with Crippen LogP contribution in [0.3, 0.4) is 0 Å². The number of likely N-dealkylation sites (tertiary alicyclic amines) is 1. The average Bonchev–Trinajstić information content (AvgIpc) is 3.15. The van der Waals surface area contributed by atoms with Gasteiger partial charge >= 0.3 is 6.03 Å². The van der Waals surface area contributed by atoms with Gasteiger partial charge in [-0.05, 0) is 43.0 Å². The van der Waals surface area contributed by atoms with Crippen molar-refractivity contribution in [3.05, 3.63) is 42.6 Å². The van der Waals surface area contributed by atoms with E-state index in [4.69, 9.17) is 9.47 Å². The molecule has 2 aliphatic heterocycles. The molecule has 4 rings (SSSR count). The van der Waals surface area contributed by atoms with Gasteiger partial charge in [-0.15, -0.1) is 11.8 Å². The summed E-state index contributed by atoms with van der Waals surface area (Å²) in [5, 5.41) is 4.02. The Morgan fingerprint density at radius 3 is 2.85 bits per heavy atom. The van der Waals surface area contributed by atoms with Crippen molar-refractivity contribution in [2.45, 2.75) is 17.9 Å². The van der Waals surface area contributed by atoms with Crippen molar-refractivity contribution in [1.82, 2.24) is 9.88 Å². The van der Waals surface area contributed by atoms with E-state index < -0.39 is 0 Å². The van der Waals surface area contributed by atoms with Gasteiger partial charge in [0, 0.05) is 36.8 Å². The number of hydrogen-bond acceptors (Lipinski definition) is 5. The third-order valence-electron chi connectivity index (χ3n) is 4.63. The number of fused-ring (bicyclic) bond motifs is 1. The van der Waals surface area contributed by atoms with Gasteiger partial charge in [-0.25, -0.2) is 9.78 Å². The molecule has 2 aliphatic rings. The summed E-state index contributed by atoms with van der Waals surface area (Å²) in [5.74, 6) is 3.06. The van der Waals surface area contributed by atoms with E-state index in [0.717, 1.165) is 42.4 Å². The first kappa shape index (κ1) is 17.0. The summed E-state index contributed by atoms with van der Waals surface area (Å²) in [6, 6.07) is 11.4. The smallest absolute Gasteiger partial charge is 0.321 e. The zero-order valence-electron chi connectivity index (χ0n) is 14.4. The van der Waals surface area contributed by atoms with Gasteiger partial charge in [0.15, 0.2) is 11.5 Å². The first-order chi connectivity index (χ1) is 12.8. The molecule has 3 heterocycles. The van der Waals surface area contributed by atoms with E-state index in [0.29, 0.717) is 17.4 Å². The normalized spacial score (nSPS) is 16.5. The Bertz CT molecular complexity index is 764. The molecule has 1 aromatic heterocycles. The zero-order chi connectivity index (χ0) is 17.8. The minimum Gasteiger partial charge on any atom is -0.454 e. The number of urea groups is 1. The summed E-state index contributed by atoms with van der Waals surface area (Å²) in [5.41, 5.74) is 0.729. The van der Waals surface area contributed by atoms with Gasteiger partial charge in [0.2, 0.25) is 6.79 Å². The molecule has 136 valence electrons. The number of rotatable bonds is 4. The third-order valence-corrected chi connectivity index (χ3v) is 5.81. The number of carbonyl (C=O) groups is 1. The minimum atomic E-state index is -0.0558. The van der Waals surface area contributed by atoms with Crippen LogP contribution in [0.2, 0.25) is 0 Å². The highest BCUT2D eigenvalue weighted by Gasteiger charge is 2.23. The first-order valence-corrected chi connectivity index (χ1v) is 9.76. The van der Waals surface area contributed by atoms with Crippen LogP contribution in [0.1, 0.15) is 12.8 Å². The Labute approximate surface area is 156 Å². The van der Waals surface area contributed by atoms with Crippen molar-refractivity contribution in [3.63, 3.8) is 0 Å². The molecule has 2 amide bonds. The summed E-state index contributed by atoms with van der Waals surface area (Å²) in [6.07, 6.45) is 3.87. The lowest BCUT2D eigenvalue weighted by atomic mass is 9.99. The largest absolute Gasteiger partial charge is 0.454 e. The van der Waals surface area contributed by atoms with E-state index >= 15 is 0 Å².